The molecule has 2 heterocycles. The van der Waals surface area contributed by atoms with Gasteiger partial charge in [-0.25, -0.2) is 8.42 Å². The van der Waals surface area contributed by atoms with Gasteiger partial charge < -0.3 is 5.32 Å². The van der Waals surface area contributed by atoms with Crippen LogP contribution in [0, 0.1) is 6.92 Å². The molecule has 3 rings (SSSR count). The van der Waals surface area contributed by atoms with Crippen LogP contribution < -0.4 is 5.32 Å². The summed E-state index contributed by atoms with van der Waals surface area (Å²) in [6.45, 7) is 3.54. The normalized spacial score (nSPS) is 27.5. The smallest absolute Gasteiger partial charge is 0.243 e. The third kappa shape index (κ3) is 2.43. The van der Waals surface area contributed by atoms with Gasteiger partial charge in [-0.1, -0.05) is 15.9 Å². The van der Waals surface area contributed by atoms with E-state index in [0.717, 1.165) is 42.4 Å². The highest BCUT2D eigenvalue weighted by Gasteiger charge is 2.43. The SMILES string of the molecule is Cc1cc(Br)ccc1S(=O)(=O)N1C2CCNCC1CC2. The van der Waals surface area contributed by atoms with Crippen molar-refractivity contribution in [2.45, 2.75) is 43.2 Å². The quantitative estimate of drug-likeness (QED) is 0.882. The van der Waals surface area contributed by atoms with Crippen molar-refractivity contribution in [3.8, 4) is 0 Å². The van der Waals surface area contributed by atoms with Crippen LogP contribution in [0.3, 0.4) is 0 Å². The van der Waals surface area contributed by atoms with Crippen molar-refractivity contribution in [3.63, 3.8) is 0 Å². The van der Waals surface area contributed by atoms with Crippen molar-refractivity contribution in [3.05, 3.63) is 28.2 Å². The molecule has 2 saturated heterocycles. The summed E-state index contributed by atoms with van der Waals surface area (Å²) in [4.78, 5) is 0.444. The summed E-state index contributed by atoms with van der Waals surface area (Å²) >= 11 is 3.39. The molecular formula is C14H19BrN2O2S. The zero-order valence-electron chi connectivity index (χ0n) is 11.5. The monoisotopic (exact) mass is 358 g/mol. The number of halogens is 1. The maximum absolute atomic E-state index is 13.0. The Balaban J connectivity index is 2.03. The van der Waals surface area contributed by atoms with E-state index in [1.807, 2.05) is 13.0 Å². The predicted molar refractivity (Wildman–Crippen MR) is 82.2 cm³/mol. The van der Waals surface area contributed by atoms with Crippen molar-refractivity contribution in [2.24, 2.45) is 0 Å². The van der Waals surface area contributed by atoms with Crippen molar-refractivity contribution in [1.29, 1.82) is 0 Å². The Kier molecular flexibility index (Phi) is 3.92. The van der Waals surface area contributed by atoms with Gasteiger partial charge in [-0.2, -0.15) is 4.31 Å². The molecule has 2 bridgehead atoms. The van der Waals surface area contributed by atoms with Gasteiger partial charge in [0.1, 0.15) is 0 Å². The Hall–Kier alpha value is -0.430. The summed E-state index contributed by atoms with van der Waals surface area (Å²) in [5.41, 5.74) is 0.802. The highest BCUT2D eigenvalue weighted by atomic mass is 79.9. The predicted octanol–water partition coefficient (Wildman–Crippen LogP) is 2.27. The van der Waals surface area contributed by atoms with Crippen molar-refractivity contribution < 1.29 is 8.42 Å². The second-order valence-corrected chi connectivity index (χ2v) is 8.35. The number of rotatable bonds is 2. The van der Waals surface area contributed by atoms with Crippen LogP contribution in [0.5, 0.6) is 0 Å². The fourth-order valence-electron chi connectivity index (χ4n) is 3.35. The van der Waals surface area contributed by atoms with E-state index in [-0.39, 0.29) is 12.1 Å². The van der Waals surface area contributed by atoms with E-state index < -0.39 is 10.0 Å². The molecule has 2 fully saturated rings. The van der Waals surface area contributed by atoms with E-state index in [4.69, 9.17) is 0 Å². The number of hydrogen-bond acceptors (Lipinski definition) is 3. The Labute approximate surface area is 128 Å². The number of fused-ring (bicyclic) bond motifs is 2. The molecule has 1 aromatic rings. The lowest BCUT2D eigenvalue weighted by Crippen LogP contribution is -2.42. The first-order chi connectivity index (χ1) is 9.50. The zero-order chi connectivity index (χ0) is 14.3. The molecule has 0 radical (unpaired) electrons. The molecule has 1 N–H and O–H groups in total. The minimum Gasteiger partial charge on any atom is -0.315 e. The summed E-state index contributed by atoms with van der Waals surface area (Å²) in [5, 5.41) is 3.34. The van der Waals surface area contributed by atoms with Gasteiger partial charge in [-0.05, 0) is 56.5 Å². The first-order valence-electron chi connectivity index (χ1n) is 7.00. The average Bonchev–Trinajstić information content (AvgIpc) is 2.63. The van der Waals surface area contributed by atoms with Crippen LogP contribution in [-0.2, 0) is 10.0 Å². The minimum absolute atomic E-state index is 0.107. The van der Waals surface area contributed by atoms with Gasteiger partial charge >= 0.3 is 0 Å². The fraction of sp³-hybridized carbons (Fsp3) is 0.571. The van der Waals surface area contributed by atoms with Gasteiger partial charge in [0, 0.05) is 23.1 Å². The Bertz CT molecular complexity index is 604. The molecule has 2 aliphatic rings. The Morgan fingerprint density at radius 2 is 2.00 bits per heavy atom. The number of nitrogens with zero attached hydrogens (tertiary/aromatic N) is 1. The molecule has 2 atom stereocenters. The van der Waals surface area contributed by atoms with Gasteiger partial charge in [-0.15, -0.1) is 0 Å². The molecule has 1 aromatic carbocycles. The van der Waals surface area contributed by atoms with Crippen LogP contribution in [0.2, 0.25) is 0 Å². The van der Waals surface area contributed by atoms with E-state index in [0.29, 0.717) is 4.90 Å². The van der Waals surface area contributed by atoms with E-state index >= 15 is 0 Å². The van der Waals surface area contributed by atoms with Crippen LogP contribution in [0.15, 0.2) is 27.6 Å². The average molecular weight is 359 g/mol. The summed E-state index contributed by atoms with van der Waals surface area (Å²) < 4.78 is 28.7. The molecule has 0 amide bonds. The molecule has 6 heteroatoms. The lowest BCUT2D eigenvalue weighted by molar-refractivity contribution is 0.334. The largest absolute Gasteiger partial charge is 0.315 e. The molecule has 2 unspecified atom stereocenters. The van der Waals surface area contributed by atoms with E-state index in [2.05, 4.69) is 21.2 Å². The fourth-order valence-corrected chi connectivity index (χ4v) is 5.93. The second kappa shape index (κ2) is 5.40. The molecule has 0 aromatic heterocycles. The van der Waals surface area contributed by atoms with Gasteiger partial charge in [0.2, 0.25) is 10.0 Å². The van der Waals surface area contributed by atoms with Gasteiger partial charge in [0.05, 0.1) is 4.90 Å². The zero-order valence-corrected chi connectivity index (χ0v) is 13.9. The van der Waals surface area contributed by atoms with Crippen LogP contribution in [-0.4, -0.2) is 37.9 Å². The highest BCUT2D eigenvalue weighted by molar-refractivity contribution is 9.10. The molecule has 0 aliphatic carbocycles. The number of sulfonamides is 1. The van der Waals surface area contributed by atoms with Gasteiger partial charge in [-0.3, -0.25) is 0 Å². The lowest BCUT2D eigenvalue weighted by Gasteiger charge is -2.27. The Morgan fingerprint density at radius 3 is 2.75 bits per heavy atom. The van der Waals surface area contributed by atoms with Crippen LogP contribution in [0.25, 0.3) is 0 Å². The lowest BCUT2D eigenvalue weighted by atomic mass is 10.1. The first kappa shape index (κ1) is 14.5. The van der Waals surface area contributed by atoms with E-state index in [1.165, 1.54) is 0 Å². The molecule has 0 spiro atoms. The van der Waals surface area contributed by atoms with Gasteiger partial charge in [0.25, 0.3) is 0 Å². The maximum Gasteiger partial charge on any atom is 0.243 e. The molecule has 20 heavy (non-hydrogen) atoms. The topological polar surface area (TPSA) is 49.4 Å². The molecule has 110 valence electrons. The van der Waals surface area contributed by atoms with Crippen LogP contribution in [0.4, 0.5) is 0 Å². The summed E-state index contributed by atoms with van der Waals surface area (Å²) in [6.07, 6.45) is 2.86. The number of hydrogen-bond donors (Lipinski definition) is 1. The van der Waals surface area contributed by atoms with Gasteiger partial charge in [0.15, 0.2) is 0 Å². The third-order valence-electron chi connectivity index (χ3n) is 4.28. The van der Waals surface area contributed by atoms with Crippen molar-refractivity contribution in [2.75, 3.05) is 13.1 Å². The molecular weight excluding hydrogens is 340 g/mol. The Morgan fingerprint density at radius 1 is 1.25 bits per heavy atom. The third-order valence-corrected chi connectivity index (χ3v) is 6.94. The number of benzene rings is 1. The van der Waals surface area contributed by atoms with Crippen molar-refractivity contribution in [1.82, 2.24) is 9.62 Å². The maximum atomic E-state index is 13.0. The summed E-state index contributed by atoms with van der Waals surface area (Å²) in [5.74, 6) is 0. The highest BCUT2D eigenvalue weighted by Crippen LogP contribution is 2.35. The minimum atomic E-state index is -3.40. The standard InChI is InChI=1S/C14H19BrN2O2S/c1-10-8-11(15)2-5-14(10)20(18,19)17-12-3-4-13(17)9-16-7-6-12/h2,5,8,12-13,16H,3-4,6-7,9H2,1H3. The van der Waals surface area contributed by atoms with Crippen LogP contribution in [0.1, 0.15) is 24.8 Å². The van der Waals surface area contributed by atoms with E-state index in [1.54, 1.807) is 16.4 Å². The van der Waals surface area contributed by atoms with Crippen molar-refractivity contribution >= 4 is 26.0 Å². The molecule has 0 saturated carbocycles. The number of nitrogens with one attached hydrogen (secondary N) is 1. The van der Waals surface area contributed by atoms with Crippen LogP contribution >= 0.6 is 15.9 Å². The molecule has 2 aliphatic heterocycles. The first-order valence-corrected chi connectivity index (χ1v) is 9.24. The summed E-state index contributed by atoms with van der Waals surface area (Å²) in [7, 11) is -3.40. The second-order valence-electron chi connectivity index (χ2n) is 5.62. The molecule has 4 nitrogen and oxygen atoms in total. The van der Waals surface area contributed by atoms with E-state index in [9.17, 15) is 8.42 Å². The summed E-state index contributed by atoms with van der Waals surface area (Å²) in [6, 6.07) is 5.65. The number of aryl methyl sites for hydroxylation is 1.